The van der Waals surface area contributed by atoms with Crippen molar-refractivity contribution in [2.45, 2.75) is 18.8 Å². The van der Waals surface area contributed by atoms with Crippen molar-refractivity contribution in [2.75, 3.05) is 0 Å². The van der Waals surface area contributed by atoms with Gasteiger partial charge >= 0.3 is 0 Å². The predicted octanol–water partition coefficient (Wildman–Crippen LogP) is 4.20. The Morgan fingerprint density at radius 3 is 2.52 bits per heavy atom. The van der Waals surface area contributed by atoms with Crippen molar-refractivity contribution in [3.05, 3.63) is 70.5 Å². The first-order valence-corrected chi connectivity index (χ1v) is 7.19. The van der Waals surface area contributed by atoms with Crippen LogP contribution in [0, 0.1) is 0 Å². The predicted molar refractivity (Wildman–Crippen MR) is 83.1 cm³/mol. The standard InChI is InChI=1S/C18H15NO2/c20-18-11-17(12-6-7-12)19-16-9-8-14(10-15(16)18)21-13-4-2-1-3-5-13/h1-5,8-12H,6-7H2,(H,19,20). The zero-order valence-corrected chi connectivity index (χ0v) is 11.5. The second-order valence-electron chi connectivity index (χ2n) is 5.49. The molecule has 3 nitrogen and oxygen atoms in total. The van der Waals surface area contributed by atoms with Crippen LogP contribution in [-0.2, 0) is 0 Å². The molecule has 0 amide bonds. The first-order chi connectivity index (χ1) is 10.3. The van der Waals surface area contributed by atoms with Gasteiger partial charge in [0.1, 0.15) is 11.5 Å². The maximum atomic E-state index is 12.3. The molecule has 0 unspecified atom stereocenters. The van der Waals surface area contributed by atoms with Crippen molar-refractivity contribution < 1.29 is 4.74 Å². The van der Waals surface area contributed by atoms with Gasteiger partial charge in [0.15, 0.2) is 5.43 Å². The Balaban J connectivity index is 1.74. The second kappa shape index (κ2) is 4.77. The lowest BCUT2D eigenvalue weighted by molar-refractivity contribution is 0.483. The molecule has 2 aromatic carbocycles. The van der Waals surface area contributed by atoms with Gasteiger partial charge in [0, 0.05) is 22.7 Å². The molecule has 4 rings (SSSR count). The Kier molecular flexibility index (Phi) is 2.78. The number of pyridine rings is 1. The van der Waals surface area contributed by atoms with Crippen LogP contribution in [-0.4, -0.2) is 4.98 Å². The van der Waals surface area contributed by atoms with E-state index in [0.29, 0.717) is 17.1 Å². The Hall–Kier alpha value is -2.55. The van der Waals surface area contributed by atoms with Crippen LogP contribution in [0.2, 0.25) is 0 Å². The summed E-state index contributed by atoms with van der Waals surface area (Å²) in [5, 5.41) is 0.674. The second-order valence-corrected chi connectivity index (χ2v) is 5.49. The van der Waals surface area contributed by atoms with E-state index >= 15 is 0 Å². The molecule has 104 valence electrons. The minimum atomic E-state index is 0.0594. The van der Waals surface area contributed by atoms with Crippen LogP contribution >= 0.6 is 0 Å². The van der Waals surface area contributed by atoms with Gasteiger partial charge in [-0.3, -0.25) is 4.79 Å². The summed E-state index contributed by atoms with van der Waals surface area (Å²) in [5.41, 5.74) is 2.00. The number of aromatic nitrogens is 1. The SMILES string of the molecule is O=c1cc(C2CC2)[nH]c2ccc(Oc3ccccc3)cc12. The Morgan fingerprint density at radius 2 is 1.76 bits per heavy atom. The molecule has 0 saturated heterocycles. The number of H-pyrrole nitrogens is 1. The molecule has 1 N–H and O–H groups in total. The number of nitrogens with one attached hydrogen (secondary N) is 1. The fourth-order valence-corrected chi connectivity index (χ4v) is 2.55. The van der Waals surface area contributed by atoms with Crippen molar-refractivity contribution in [3.63, 3.8) is 0 Å². The minimum Gasteiger partial charge on any atom is -0.457 e. The third-order valence-corrected chi connectivity index (χ3v) is 3.82. The topological polar surface area (TPSA) is 42.1 Å². The first kappa shape index (κ1) is 12.2. The molecule has 1 saturated carbocycles. The summed E-state index contributed by atoms with van der Waals surface area (Å²) in [6.07, 6.45) is 2.35. The molecular formula is C18H15NO2. The first-order valence-electron chi connectivity index (χ1n) is 7.19. The molecular weight excluding hydrogens is 262 g/mol. The lowest BCUT2D eigenvalue weighted by Gasteiger charge is -2.07. The highest BCUT2D eigenvalue weighted by atomic mass is 16.5. The zero-order valence-electron chi connectivity index (χ0n) is 11.5. The highest BCUT2D eigenvalue weighted by molar-refractivity contribution is 5.80. The van der Waals surface area contributed by atoms with Gasteiger partial charge in [0.05, 0.1) is 0 Å². The fraction of sp³-hybridized carbons (Fsp3) is 0.167. The average molecular weight is 277 g/mol. The van der Waals surface area contributed by atoms with E-state index in [1.807, 2.05) is 42.5 Å². The molecule has 0 spiro atoms. The lowest BCUT2D eigenvalue weighted by Crippen LogP contribution is -2.04. The van der Waals surface area contributed by atoms with Crippen LogP contribution in [0.5, 0.6) is 11.5 Å². The Labute approximate surface area is 122 Å². The smallest absolute Gasteiger partial charge is 0.189 e. The van der Waals surface area contributed by atoms with Crippen LogP contribution in [0.3, 0.4) is 0 Å². The lowest BCUT2D eigenvalue weighted by atomic mass is 10.1. The van der Waals surface area contributed by atoms with Crippen molar-refractivity contribution >= 4 is 10.9 Å². The quantitative estimate of drug-likeness (QED) is 0.779. The molecule has 1 heterocycles. The highest BCUT2D eigenvalue weighted by Gasteiger charge is 2.24. The molecule has 1 fully saturated rings. The minimum absolute atomic E-state index is 0.0594. The zero-order chi connectivity index (χ0) is 14.2. The molecule has 0 atom stereocenters. The van der Waals surface area contributed by atoms with Crippen LogP contribution < -0.4 is 10.2 Å². The van der Waals surface area contributed by atoms with Gasteiger partial charge in [-0.05, 0) is 49.1 Å². The summed E-state index contributed by atoms with van der Waals surface area (Å²) in [5.74, 6) is 1.99. The van der Waals surface area contributed by atoms with Gasteiger partial charge in [-0.2, -0.15) is 0 Å². The molecule has 0 radical (unpaired) electrons. The summed E-state index contributed by atoms with van der Waals surface area (Å²) in [7, 11) is 0. The molecule has 0 bridgehead atoms. The Bertz CT molecular complexity index is 848. The third kappa shape index (κ3) is 2.42. The van der Waals surface area contributed by atoms with E-state index in [1.165, 1.54) is 12.8 Å². The van der Waals surface area contributed by atoms with Crippen LogP contribution in [0.4, 0.5) is 0 Å². The number of aromatic amines is 1. The largest absolute Gasteiger partial charge is 0.457 e. The monoisotopic (exact) mass is 277 g/mol. The number of fused-ring (bicyclic) bond motifs is 1. The van der Waals surface area contributed by atoms with E-state index in [4.69, 9.17) is 4.74 Å². The Morgan fingerprint density at radius 1 is 0.952 bits per heavy atom. The summed E-state index contributed by atoms with van der Waals surface area (Å²) >= 11 is 0. The summed E-state index contributed by atoms with van der Waals surface area (Å²) in [6.45, 7) is 0. The number of ether oxygens (including phenoxy) is 1. The van der Waals surface area contributed by atoms with Crippen LogP contribution in [0.15, 0.2) is 59.4 Å². The normalized spacial score (nSPS) is 14.3. The van der Waals surface area contributed by atoms with Gasteiger partial charge in [0.2, 0.25) is 0 Å². The van der Waals surface area contributed by atoms with Gasteiger partial charge in [0.25, 0.3) is 0 Å². The number of hydrogen-bond donors (Lipinski definition) is 1. The van der Waals surface area contributed by atoms with E-state index in [1.54, 1.807) is 12.1 Å². The summed E-state index contributed by atoms with van der Waals surface area (Å²) < 4.78 is 5.78. The van der Waals surface area contributed by atoms with Gasteiger partial charge in [-0.1, -0.05) is 18.2 Å². The van der Waals surface area contributed by atoms with Crippen molar-refractivity contribution in [1.82, 2.24) is 4.98 Å². The molecule has 1 aromatic heterocycles. The molecule has 21 heavy (non-hydrogen) atoms. The van der Waals surface area contributed by atoms with Crippen molar-refractivity contribution in [2.24, 2.45) is 0 Å². The van der Waals surface area contributed by atoms with E-state index in [9.17, 15) is 4.79 Å². The molecule has 0 aliphatic heterocycles. The van der Waals surface area contributed by atoms with E-state index in [-0.39, 0.29) is 5.43 Å². The van der Waals surface area contributed by atoms with Gasteiger partial charge in [-0.25, -0.2) is 0 Å². The van der Waals surface area contributed by atoms with Crippen molar-refractivity contribution in [3.8, 4) is 11.5 Å². The van der Waals surface area contributed by atoms with E-state index in [0.717, 1.165) is 17.0 Å². The average Bonchev–Trinajstić information content (AvgIpc) is 3.33. The van der Waals surface area contributed by atoms with Gasteiger partial charge < -0.3 is 9.72 Å². The number of hydrogen-bond acceptors (Lipinski definition) is 2. The number of para-hydroxylation sites is 1. The molecule has 3 aromatic rings. The molecule has 1 aliphatic carbocycles. The number of rotatable bonds is 3. The number of benzene rings is 2. The van der Waals surface area contributed by atoms with E-state index < -0.39 is 0 Å². The molecule has 3 heteroatoms. The maximum Gasteiger partial charge on any atom is 0.189 e. The van der Waals surface area contributed by atoms with Crippen LogP contribution in [0.1, 0.15) is 24.5 Å². The highest BCUT2D eigenvalue weighted by Crippen LogP contribution is 2.39. The maximum absolute atomic E-state index is 12.3. The third-order valence-electron chi connectivity index (χ3n) is 3.82. The van der Waals surface area contributed by atoms with E-state index in [2.05, 4.69) is 4.98 Å². The van der Waals surface area contributed by atoms with Crippen LogP contribution in [0.25, 0.3) is 10.9 Å². The van der Waals surface area contributed by atoms with Gasteiger partial charge in [-0.15, -0.1) is 0 Å². The molecule has 1 aliphatic rings. The fourth-order valence-electron chi connectivity index (χ4n) is 2.55. The summed E-state index contributed by atoms with van der Waals surface area (Å²) in [6, 6.07) is 16.9. The summed E-state index contributed by atoms with van der Waals surface area (Å²) in [4.78, 5) is 15.6. The van der Waals surface area contributed by atoms with Crippen molar-refractivity contribution in [1.29, 1.82) is 0 Å².